The Labute approximate surface area is 209 Å². The molecule has 2 heterocycles. The second-order valence-corrected chi connectivity index (χ2v) is 12.4. The van der Waals surface area contributed by atoms with E-state index < -0.39 is 10.0 Å². The molecule has 0 unspecified atom stereocenters. The Hall–Kier alpha value is -2.49. The summed E-state index contributed by atoms with van der Waals surface area (Å²) in [5.41, 5.74) is 4.25. The Morgan fingerprint density at radius 3 is 2.66 bits per heavy atom. The SMILES string of the molecule is CCCn1c(=O)sc2cc(S(=O)(=O)N3CCC(C(=O)Nc4cccc5c4CCCC5)CC3)ccc21. The summed E-state index contributed by atoms with van der Waals surface area (Å²) in [5.74, 6) is -0.235. The monoisotopic (exact) mass is 513 g/mol. The quantitative estimate of drug-likeness (QED) is 0.529. The van der Waals surface area contributed by atoms with Crippen molar-refractivity contribution >= 4 is 43.2 Å². The van der Waals surface area contributed by atoms with Gasteiger partial charge in [0.2, 0.25) is 15.9 Å². The average Bonchev–Trinajstić information content (AvgIpc) is 3.18. The van der Waals surface area contributed by atoms with Gasteiger partial charge in [0.1, 0.15) is 0 Å². The lowest BCUT2D eigenvalue weighted by atomic mass is 9.90. The molecule has 1 fully saturated rings. The molecule has 3 aromatic rings. The molecule has 186 valence electrons. The number of nitrogens with one attached hydrogen (secondary N) is 1. The number of piperidine rings is 1. The van der Waals surface area contributed by atoms with Crippen LogP contribution in [0.4, 0.5) is 5.69 Å². The fourth-order valence-corrected chi connectivity index (χ4v) is 7.81. The minimum absolute atomic E-state index is 0.0236. The number of sulfonamides is 1. The number of carbonyl (C=O) groups is 1. The van der Waals surface area contributed by atoms with E-state index in [1.54, 1.807) is 22.8 Å². The minimum Gasteiger partial charge on any atom is -0.326 e. The molecule has 1 N–H and O–H groups in total. The van der Waals surface area contributed by atoms with E-state index in [4.69, 9.17) is 0 Å². The minimum atomic E-state index is -3.69. The lowest BCUT2D eigenvalue weighted by molar-refractivity contribution is -0.120. The number of hydrogen-bond donors (Lipinski definition) is 1. The number of hydrogen-bond acceptors (Lipinski definition) is 5. The van der Waals surface area contributed by atoms with Crippen LogP contribution in [0.2, 0.25) is 0 Å². The van der Waals surface area contributed by atoms with Crippen LogP contribution in [0.3, 0.4) is 0 Å². The predicted molar refractivity (Wildman–Crippen MR) is 140 cm³/mol. The summed E-state index contributed by atoms with van der Waals surface area (Å²) in [6.07, 6.45) is 6.19. The number of fused-ring (bicyclic) bond motifs is 2. The molecule has 7 nitrogen and oxygen atoms in total. The number of nitrogens with zero attached hydrogens (tertiary/aromatic N) is 2. The first-order valence-corrected chi connectivity index (χ1v) is 14.7. The maximum atomic E-state index is 13.3. The maximum absolute atomic E-state index is 13.3. The van der Waals surface area contributed by atoms with E-state index in [1.807, 2.05) is 19.1 Å². The van der Waals surface area contributed by atoms with Gasteiger partial charge in [-0.05, 0) is 80.3 Å². The molecular weight excluding hydrogens is 482 g/mol. The molecule has 35 heavy (non-hydrogen) atoms. The predicted octanol–water partition coefficient (Wildman–Crippen LogP) is 4.39. The molecule has 0 atom stereocenters. The van der Waals surface area contributed by atoms with Gasteiger partial charge in [-0.15, -0.1) is 0 Å². The summed E-state index contributed by atoms with van der Waals surface area (Å²) >= 11 is 1.08. The van der Waals surface area contributed by atoms with Gasteiger partial charge in [-0.1, -0.05) is 30.4 Å². The molecule has 1 aliphatic heterocycles. The van der Waals surface area contributed by atoms with Crippen molar-refractivity contribution in [2.45, 2.75) is 63.3 Å². The van der Waals surface area contributed by atoms with Crippen LogP contribution >= 0.6 is 11.3 Å². The Bertz CT molecular complexity index is 1420. The van der Waals surface area contributed by atoms with E-state index in [2.05, 4.69) is 11.4 Å². The number of carbonyl (C=O) groups excluding carboxylic acids is 1. The fraction of sp³-hybridized carbons (Fsp3) is 0.462. The van der Waals surface area contributed by atoms with Gasteiger partial charge >= 0.3 is 4.87 Å². The molecule has 2 aliphatic rings. The highest BCUT2D eigenvalue weighted by molar-refractivity contribution is 7.89. The van der Waals surface area contributed by atoms with Gasteiger partial charge in [0.05, 0.1) is 15.1 Å². The molecule has 0 bridgehead atoms. The Morgan fingerprint density at radius 2 is 1.89 bits per heavy atom. The van der Waals surface area contributed by atoms with Crippen LogP contribution in [0.15, 0.2) is 46.1 Å². The fourth-order valence-electron chi connectivity index (χ4n) is 5.28. The summed E-state index contributed by atoms with van der Waals surface area (Å²) < 4.78 is 30.5. The molecule has 2 aromatic carbocycles. The molecule has 1 aromatic heterocycles. The zero-order valence-corrected chi connectivity index (χ0v) is 21.6. The largest absolute Gasteiger partial charge is 0.326 e. The molecular formula is C26H31N3O4S2. The Balaban J connectivity index is 1.27. The number of benzene rings is 2. The van der Waals surface area contributed by atoms with Crippen LogP contribution in [-0.4, -0.2) is 36.3 Å². The first kappa shape index (κ1) is 24.2. The summed E-state index contributed by atoms with van der Waals surface area (Å²) in [4.78, 5) is 25.4. The van der Waals surface area contributed by atoms with Crippen molar-refractivity contribution in [2.24, 2.45) is 5.92 Å². The molecule has 1 aliphatic carbocycles. The number of amides is 1. The van der Waals surface area contributed by atoms with Crippen molar-refractivity contribution in [3.63, 3.8) is 0 Å². The van der Waals surface area contributed by atoms with E-state index >= 15 is 0 Å². The van der Waals surface area contributed by atoms with Crippen LogP contribution in [0.1, 0.15) is 50.2 Å². The maximum Gasteiger partial charge on any atom is 0.308 e. The lowest BCUT2D eigenvalue weighted by Crippen LogP contribution is -2.41. The summed E-state index contributed by atoms with van der Waals surface area (Å²) in [6.45, 7) is 3.23. The van der Waals surface area contributed by atoms with Gasteiger partial charge in [-0.25, -0.2) is 8.42 Å². The lowest BCUT2D eigenvalue weighted by Gasteiger charge is -2.31. The normalized spacial score (nSPS) is 17.4. The number of aryl methyl sites for hydroxylation is 2. The van der Waals surface area contributed by atoms with Gasteiger partial charge in [0, 0.05) is 31.2 Å². The van der Waals surface area contributed by atoms with Gasteiger partial charge in [-0.3, -0.25) is 14.2 Å². The highest BCUT2D eigenvalue weighted by Crippen LogP contribution is 2.30. The van der Waals surface area contributed by atoms with Gasteiger partial charge in [-0.2, -0.15) is 4.31 Å². The molecule has 1 amide bonds. The zero-order valence-electron chi connectivity index (χ0n) is 20.0. The molecule has 9 heteroatoms. The van der Waals surface area contributed by atoms with Crippen LogP contribution in [0.5, 0.6) is 0 Å². The van der Waals surface area contributed by atoms with Gasteiger partial charge in [0.15, 0.2) is 0 Å². The number of thiazole rings is 1. The molecule has 1 saturated heterocycles. The second kappa shape index (κ2) is 9.87. The number of anilines is 1. The van der Waals surface area contributed by atoms with Crippen molar-refractivity contribution < 1.29 is 13.2 Å². The third-order valence-corrected chi connectivity index (χ3v) is 10.0. The van der Waals surface area contributed by atoms with E-state index in [0.717, 1.165) is 48.2 Å². The van der Waals surface area contributed by atoms with Crippen molar-refractivity contribution in [3.8, 4) is 0 Å². The average molecular weight is 514 g/mol. The second-order valence-electron chi connectivity index (χ2n) is 9.47. The molecule has 0 spiro atoms. The third kappa shape index (κ3) is 4.69. The topological polar surface area (TPSA) is 88.5 Å². The van der Waals surface area contributed by atoms with Crippen molar-refractivity contribution in [1.29, 1.82) is 0 Å². The standard InChI is InChI=1S/C26H31N3O4S2/c1-2-14-29-23-11-10-20(17-24(23)34-26(29)31)35(32,33)28-15-12-19(13-16-28)25(30)27-22-9-5-7-18-6-3-4-8-21(18)22/h5,7,9-11,17,19H,2-4,6,8,12-16H2,1H3,(H,27,30). The highest BCUT2D eigenvalue weighted by Gasteiger charge is 2.32. The highest BCUT2D eigenvalue weighted by atomic mass is 32.2. The Morgan fingerprint density at radius 1 is 1.11 bits per heavy atom. The summed E-state index contributed by atoms with van der Waals surface area (Å²) in [7, 11) is -3.69. The van der Waals surface area contributed by atoms with Gasteiger partial charge < -0.3 is 5.32 Å². The third-order valence-electron chi connectivity index (χ3n) is 7.20. The Kier molecular flexibility index (Phi) is 6.83. The van der Waals surface area contributed by atoms with E-state index in [9.17, 15) is 18.0 Å². The number of rotatable bonds is 6. The van der Waals surface area contributed by atoms with Crippen LogP contribution < -0.4 is 10.2 Å². The van der Waals surface area contributed by atoms with E-state index in [1.165, 1.54) is 21.9 Å². The smallest absolute Gasteiger partial charge is 0.308 e. The van der Waals surface area contributed by atoms with E-state index in [-0.39, 0.29) is 21.6 Å². The first-order chi connectivity index (χ1) is 16.9. The van der Waals surface area contributed by atoms with Crippen LogP contribution in [-0.2, 0) is 34.2 Å². The van der Waals surface area contributed by atoms with Crippen molar-refractivity contribution in [1.82, 2.24) is 8.87 Å². The molecule has 5 rings (SSSR count). The summed E-state index contributed by atoms with van der Waals surface area (Å²) in [5, 5.41) is 3.13. The number of aromatic nitrogens is 1. The van der Waals surface area contributed by atoms with Crippen molar-refractivity contribution in [3.05, 3.63) is 57.2 Å². The molecule has 0 saturated carbocycles. The van der Waals surface area contributed by atoms with Gasteiger partial charge in [0.25, 0.3) is 0 Å². The van der Waals surface area contributed by atoms with Crippen LogP contribution in [0.25, 0.3) is 10.2 Å². The zero-order chi connectivity index (χ0) is 24.6. The summed E-state index contributed by atoms with van der Waals surface area (Å²) in [6, 6.07) is 11.0. The van der Waals surface area contributed by atoms with Crippen molar-refractivity contribution in [2.75, 3.05) is 18.4 Å². The molecule has 0 radical (unpaired) electrons. The van der Waals surface area contributed by atoms with E-state index in [0.29, 0.717) is 37.2 Å². The first-order valence-electron chi connectivity index (χ1n) is 12.4. The van der Waals surface area contributed by atoms with Crippen LogP contribution in [0, 0.1) is 5.92 Å².